The van der Waals surface area contributed by atoms with E-state index in [2.05, 4.69) is 28.3 Å². The van der Waals surface area contributed by atoms with E-state index in [4.69, 9.17) is 19.7 Å². The highest BCUT2D eigenvalue weighted by molar-refractivity contribution is 7.61. The Labute approximate surface area is 268 Å². The number of nitrogens with zero attached hydrogens (tertiary/aromatic N) is 4. The first-order valence-electron chi connectivity index (χ1n) is 13.5. The van der Waals surface area contributed by atoms with Gasteiger partial charge in [0.25, 0.3) is 0 Å². The van der Waals surface area contributed by atoms with Crippen LogP contribution in [0.15, 0.2) is 36.6 Å². The monoisotopic (exact) mass is 747 g/mol. The topological polar surface area (TPSA) is 360 Å². The van der Waals surface area contributed by atoms with E-state index in [1.807, 2.05) is 0 Å². The van der Waals surface area contributed by atoms with Crippen molar-refractivity contribution in [3.63, 3.8) is 0 Å². The van der Waals surface area contributed by atoms with E-state index in [1.165, 1.54) is 18.4 Å². The van der Waals surface area contributed by atoms with Gasteiger partial charge >= 0.3 is 29.4 Å². The van der Waals surface area contributed by atoms with Crippen molar-refractivity contribution in [2.45, 2.75) is 49.1 Å². The fraction of sp³-hybridized carbons (Fsp3) is 0.524. The highest BCUT2D eigenvalue weighted by Crippen LogP contribution is 2.61. The molecule has 0 spiro atoms. The first-order valence-corrected chi connectivity index (χ1v) is 18.0. The zero-order valence-corrected chi connectivity index (χ0v) is 26.7. The van der Waals surface area contributed by atoms with Crippen molar-refractivity contribution >= 4 is 46.4 Å². The summed E-state index contributed by atoms with van der Waals surface area (Å²) >= 11 is 0. The lowest BCUT2D eigenvalue weighted by Crippen LogP contribution is -3.13. The van der Waals surface area contributed by atoms with Gasteiger partial charge in [0.05, 0.1) is 31.3 Å². The van der Waals surface area contributed by atoms with Crippen molar-refractivity contribution in [3.05, 3.63) is 36.6 Å². The molecule has 0 saturated carbocycles. The number of rotatable bonds is 13. The Balaban J connectivity index is 1.19. The molecule has 266 valence electrons. The number of hydrogen-bond acceptors (Lipinski definition) is 17. The largest absolute Gasteiger partial charge is 0.481 e. The fourth-order valence-corrected chi connectivity index (χ4v) is 7.72. The second-order valence-corrected chi connectivity index (χ2v) is 14.7. The van der Waals surface area contributed by atoms with Gasteiger partial charge in [0.1, 0.15) is 48.9 Å². The van der Waals surface area contributed by atoms with Crippen LogP contribution in [0.2, 0.25) is 0 Å². The van der Waals surface area contributed by atoms with Crippen LogP contribution in [-0.4, -0.2) is 128 Å². The Bertz CT molecular complexity index is 1730. The number of nitrogen functional groups attached to an aromatic ring is 1. The number of fused-ring (bicyclic) bond motifs is 1. The Morgan fingerprint density at radius 3 is 2.25 bits per heavy atom. The van der Waals surface area contributed by atoms with Gasteiger partial charge in [-0.05, 0) is 12.2 Å². The smallest absolute Gasteiger partial charge is 0.478 e. The van der Waals surface area contributed by atoms with Crippen molar-refractivity contribution in [1.29, 1.82) is 0 Å². The van der Waals surface area contributed by atoms with Crippen molar-refractivity contribution in [1.82, 2.24) is 19.5 Å². The molecule has 3 unspecified atom stereocenters. The Morgan fingerprint density at radius 1 is 0.979 bits per heavy atom. The maximum absolute atomic E-state index is 12.6. The number of phosphoric ester groups is 3. The third kappa shape index (κ3) is 8.24. The van der Waals surface area contributed by atoms with Crippen LogP contribution in [0, 0.1) is 0 Å². The maximum atomic E-state index is 12.6. The summed E-state index contributed by atoms with van der Waals surface area (Å²) in [6.07, 6.45) is -6.68. The number of carbonyl (C=O) groups is 1. The van der Waals surface area contributed by atoms with Crippen molar-refractivity contribution in [2.24, 2.45) is 0 Å². The van der Waals surface area contributed by atoms with Gasteiger partial charge in [-0.3, -0.25) is 23.0 Å². The summed E-state index contributed by atoms with van der Waals surface area (Å²) in [5.74, 6) is -1.27. The van der Waals surface area contributed by atoms with Crippen LogP contribution in [-0.2, 0) is 45.8 Å². The number of anilines is 1. The average Bonchev–Trinajstić information content (AvgIpc) is 3.64. The highest BCUT2D eigenvalue weighted by Gasteiger charge is 2.51. The number of aliphatic hydroxyl groups is 3. The molecule has 11 atom stereocenters. The van der Waals surface area contributed by atoms with Crippen LogP contribution in [0.1, 0.15) is 6.23 Å². The van der Waals surface area contributed by atoms with Crippen molar-refractivity contribution < 1.29 is 90.7 Å². The lowest BCUT2D eigenvalue weighted by molar-refractivity contribution is -0.898. The van der Waals surface area contributed by atoms with Gasteiger partial charge in [-0.1, -0.05) is 0 Å². The maximum Gasteiger partial charge on any atom is 0.481 e. The van der Waals surface area contributed by atoms with Gasteiger partial charge in [-0.15, -0.1) is 0 Å². The van der Waals surface area contributed by atoms with Crippen LogP contribution in [0.4, 0.5) is 5.82 Å². The van der Waals surface area contributed by atoms with Crippen LogP contribution < -0.4 is 10.6 Å². The molecule has 3 aliphatic rings. The summed E-state index contributed by atoms with van der Waals surface area (Å²) in [4.78, 5) is 62.3. The number of ether oxygens (including phenoxy) is 2. The number of carboxylic acid groups (broad SMARTS) is 1. The Morgan fingerprint density at radius 2 is 1.62 bits per heavy atom. The molecule has 2 fully saturated rings. The minimum atomic E-state index is -5.53. The molecule has 48 heavy (non-hydrogen) atoms. The second-order valence-electron chi connectivity index (χ2n) is 10.5. The molecule has 11 N–H and O–H groups in total. The van der Waals surface area contributed by atoms with Crippen LogP contribution in [0.3, 0.4) is 0 Å². The number of aromatic nitrogens is 4. The summed E-state index contributed by atoms with van der Waals surface area (Å²) in [5.41, 5.74) is 5.80. The van der Waals surface area contributed by atoms with Crippen LogP contribution in [0.25, 0.3) is 11.2 Å². The molecule has 5 heterocycles. The number of imidazole rings is 1. The molecule has 3 aliphatic heterocycles. The molecule has 2 aromatic rings. The summed E-state index contributed by atoms with van der Waals surface area (Å²) in [7, 11) is -16.3. The standard InChI is InChI=1S/C21H29N6O18P3/c22-17-12-18(24-7-23-17)27(8-25-12)20-16(44-46(33,34)35)14(29)11(43-20)6-41-48(38,39)45-47(36,37)40-5-10-13(28)15(30)19(42-10)26-3-1-2-9(4-26)21(31)32/h1-3,7-8,10-11,13-16,19-20,28-30H,4-6H2,(H,31,32)(H,36,37)(H,38,39)(H2,22,23,24)(H2,33,34,35)/p+1/t10-,11-,13-,14-,15-,16-,19-,20-/m1/s1. The Hall–Kier alpha value is -2.57. The SMILES string of the molecule is Nc1ncnc2c1ncn2[C@@H]1O[C@H](COP(=O)(O)OP(=O)(O)OC[C@H]2O[C@@H]([NH+]3C=CC=C(C(=O)O)C3)[C@H](O)[C@@H]2O)[C@@H](O)[C@H]1OP(=O)(O)O. The van der Waals surface area contributed by atoms with Gasteiger partial charge in [0.2, 0.25) is 6.23 Å². The number of nitrogens with one attached hydrogen (secondary N) is 1. The summed E-state index contributed by atoms with van der Waals surface area (Å²) in [5, 5.41) is 40.7. The van der Waals surface area contributed by atoms with Gasteiger partial charge in [-0.2, -0.15) is 4.31 Å². The van der Waals surface area contributed by atoms with E-state index in [1.54, 1.807) is 0 Å². The molecular weight excluding hydrogens is 717 g/mol. The zero-order valence-electron chi connectivity index (χ0n) is 24.0. The van der Waals surface area contributed by atoms with E-state index >= 15 is 0 Å². The minimum absolute atomic E-state index is 0.000888. The number of allylic oxidation sites excluding steroid dienone is 2. The molecule has 5 rings (SSSR count). The molecular formula is C21H30N6O18P3+. The molecule has 0 aliphatic carbocycles. The average molecular weight is 747 g/mol. The summed E-state index contributed by atoms with van der Waals surface area (Å²) in [6.45, 7) is -2.16. The molecule has 2 aromatic heterocycles. The summed E-state index contributed by atoms with van der Waals surface area (Å²) < 4.78 is 67.2. The van der Waals surface area contributed by atoms with Gasteiger partial charge in [0.15, 0.2) is 23.8 Å². The first kappa shape index (κ1) is 36.7. The molecule has 0 aromatic carbocycles. The predicted molar refractivity (Wildman–Crippen MR) is 151 cm³/mol. The quantitative estimate of drug-likeness (QED) is 0.0880. The van der Waals surface area contributed by atoms with Gasteiger partial charge in [-0.25, -0.2) is 33.4 Å². The second kappa shape index (κ2) is 14.0. The van der Waals surface area contributed by atoms with Crippen molar-refractivity contribution in [2.75, 3.05) is 25.5 Å². The normalized spacial score (nSPS) is 33.4. The molecule has 0 amide bonds. The molecule has 27 heteroatoms. The van der Waals surface area contributed by atoms with E-state index < -0.39 is 91.7 Å². The van der Waals surface area contributed by atoms with Gasteiger partial charge < -0.3 is 55.2 Å². The number of hydrogen-bond donors (Lipinski definition) is 10. The molecule has 0 bridgehead atoms. The highest BCUT2D eigenvalue weighted by atomic mass is 31.3. The lowest BCUT2D eigenvalue weighted by atomic mass is 10.1. The minimum Gasteiger partial charge on any atom is -0.478 e. The van der Waals surface area contributed by atoms with E-state index in [-0.39, 0.29) is 34.0 Å². The number of quaternary nitrogens is 1. The lowest BCUT2D eigenvalue weighted by Gasteiger charge is -2.25. The molecule has 0 radical (unpaired) electrons. The van der Waals surface area contributed by atoms with E-state index in [0.717, 1.165) is 17.2 Å². The van der Waals surface area contributed by atoms with Crippen LogP contribution in [0.5, 0.6) is 0 Å². The Kier molecular flexibility index (Phi) is 10.7. The van der Waals surface area contributed by atoms with E-state index in [0.29, 0.717) is 0 Å². The summed E-state index contributed by atoms with van der Waals surface area (Å²) in [6, 6.07) is 0. The van der Waals surface area contributed by atoms with E-state index in [9.17, 15) is 58.5 Å². The fourth-order valence-electron chi connectivity index (χ4n) is 5.08. The van der Waals surface area contributed by atoms with Crippen molar-refractivity contribution in [3.8, 4) is 0 Å². The molecule has 24 nitrogen and oxygen atoms in total. The number of carboxylic acids is 1. The number of aliphatic carboxylic acids is 1. The third-order valence-electron chi connectivity index (χ3n) is 7.25. The number of aliphatic hydroxyl groups excluding tert-OH is 3. The van der Waals surface area contributed by atoms with Gasteiger partial charge in [0, 0.05) is 0 Å². The number of phosphoric acid groups is 3. The zero-order chi connectivity index (χ0) is 35.2. The molecule has 2 saturated heterocycles. The number of nitrogens with two attached hydrogens (primary N) is 1. The third-order valence-corrected chi connectivity index (χ3v) is 10.4. The first-order chi connectivity index (χ1) is 22.4. The predicted octanol–water partition coefficient (Wildman–Crippen LogP) is -3.73. The van der Waals surface area contributed by atoms with Crippen LogP contribution >= 0.6 is 23.5 Å².